The Labute approximate surface area is 118 Å². The van der Waals surface area contributed by atoms with Gasteiger partial charge in [-0.25, -0.2) is 0 Å². The van der Waals surface area contributed by atoms with E-state index in [9.17, 15) is 9.59 Å². The predicted octanol–water partition coefficient (Wildman–Crippen LogP) is 3.92. The third-order valence-electron chi connectivity index (χ3n) is 2.09. The average molecular weight is 287 g/mol. The molecule has 0 saturated heterocycles. The third kappa shape index (κ3) is 10.1. The van der Waals surface area contributed by atoms with Gasteiger partial charge in [0.25, 0.3) is 0 Å². The molecule has 0 bridgehead atoms. The van der Waals surface area contributed by atoms with Crippen LogP contribution in [0.5, 0.6) is 5.75 Å². The first-order chi connectivity index (χ1) is 8.99. The molecule has 0 unspecified atom stereocenters. The fourth-order valence-corrected chi connectivity index (χ4v) is 1.02. The maximum Gasteiger partial charge on any atom is 0.311 e. The van der Waals surface area contributed by atoms with E-state index < -0.39 is 11.9 Å². The summed E-state index contributed by atoms with van der Waals surface area (Å²) in [7, 11) is 0. The van der Waals surface area contributed by atoms with E-state index in [0.29, 0.717) is 10.8 Å². The summed E-state index contributed by atoms with van der Waals surface area (Å²) in [6, 6.07) is 6.25. The molecule has 0 aliphatic carbocycles. The molecule has 0 aliphatic heterocycles. The number of aliphatic carboxylic acids is 1. The van der Waals surface area contributed by atoms with Gasteiger partial charge in [-0.3, -0.25) is 9.59 Å². The van der Waals surface area contributed by atoms with E-state index in [4.69, 9.17) is 21.4 Å². The average Bonchev–Trinajstić information content (AvgIpc) is 2.39. The number of hydrogen-bond donors (Lipinski definition) is 1. The molecule has 19 heavy (non-hydrogen) atoms. The summed E-state index contributed by atoms with van der Waals surface area (Å²) in [6.07, 6.45) is 2.27. The lowest BCUT2D eigenvalue weighted by Gasteiger charge is -2.02. The van der Waals surface area contributed by atoms with Crippen molar-refractivity contribution in [2.45, 2.75) is 39.5 Å². The summed E-state index contributed by atoms with van der Waals surface area (Å²) in [5.41, 5.74) is 0. The highest BCUT2D eigenvalue weighted by Gasteiger charge is 2.07. The molecule has 1 rings (SSSR count). The number of esters is 1. The first-order valence-corrected chi connectivity index (χ1v) is 6.55. The third-order valence-corrected chi connectivity index (χ3v) is 2.34. The van der Waals surface area contributed by atoms with E-state index in [1.54, 1.807) is 24.3 Å². The molecule has 4 nitrogen and oxygen atoms in total. The first-order valence-electron chi connectivity index (χ1n) is 6.17. The van der Waals surface area contributed by atoms with Gasteiger partial charge in [-0.2, -0.15) is 0 Å². The van der Waals surface area contributed by atoms with Crippen LogP contribution in [0.25, 0.3) is 0 Å². The van der Waals surface area contributed by atoms with Crippen molar-refractivity contribution < 1.29 is 19.4 Å². The molecule has 106 valence electrons. The normalized spacial score (nSPS) is 9.21. The largest absolute Gasteiger partial charge is 0.481 e. The number of hydrogen-bond acceptors (Lipinski definition) is 3. The van der Waals surface area contributed by atoms with Crippen LogP contribution >= 0.6 is 11.6 Å². The zero-order valence-corrected chi connectivity index (χ0v) is 11.9. The lowest BCUT2D eigenvalue weighted by Crippen LogP contribution is -2.10. The van der Waals surface area contributed by atoms with Crippen molar-refractivity contribution in [1.29, 1.82) is 0 Å². The second kappa shape index (κ2) is 10.4. The number of halogens is 1. The molecule has 0 radical (unpaired) electrons. The summed E-state index contributed by atoms with van der Waals surface area (Å²) in [5, 5.41) is 8.88. The molecule has 1 N–H and O–H groups in total. The second-order valence-corrected chi connectivity index (χ2v) is 4.26. The summed E-state index contributed by atoms with van der Waals surface area (Å²) >= 11 is 5.63. The Kier molecular flexibility index (Phi) is 9.53. The van der Waals surface area contributed by atoms with Gasteiger partial charge in [-0.05, 0) is 24.3 Å². The summed E-state index contributed by atoms with van der Waals surface area (Å²) in [4.78, 5) is 21.3. The van der Waals surface area contributed by atoms with E-state index in [1.807, 2.05) is 0 Å². The fraction of sp³-hybridized carbons (Fsp3) is 0.429. The second-order valence-electron chi connectivity index (χ2n) is 3.82. The van der Waals surface area contributed by atoms with Crippen LogP contribution in [-0.4, -0.2) is 17.0 Å². The van der Waals surface area contributed by atoms with Crippen LogP contribution in [0.2, 0.25) is 5.02 Å². The zero-order valence-electron chi connectivity index (χ0n) is 11.2. The van der Waals surface area contributed by atoms with Crippen molar-refractivity contribution in [1.82, 2.24) is 0 Å². The van der Waals surface area contributed by atoms with Crippen LogP contribution in [0, 0.1) is 0 Å². The van der Waals surface area contributed by atoms with Crippen molar-refractivity contribution >= 4 is 23.5 Å². The van der Waals surface area contributed by atoms with Crippen LogP contribution in [0.4, 0.5) is 0 Å². The highest BCUT2D eigenvalue weighted by Crippen LogP contribution is 2.16. The fourth-order valence-electron chi connectivity index (χ4n) is 0.894. The Morgan fingerprint density at radius 1 is 1.11 bits per heavy atom. The molecule has 1 aromatic carbocycles. The molecular formula is C14H19ClO4. The van der Waals surface area contributed by atoms with E-state index >= 15 is 0 Å². The van der Waals surface area contributed by atoms with Gasteiger partial charge < -0.3 is 9.84 Å². The van der Waals surface area contributed by atoms with E-state index in [0.717, 1.165) is 0 Å². The Morgan fingerprint density at radius 2 is 1.63 bits per heavy atom. The molecule has 1 aromatic rings. The van der Waals surface area contributed by atoms with Crippen molar-refractivity contribution in [3.8, 4) is 5.75 Å². The van der Waals surface area contributed by atoms with Crippen LogP contribution in [0.1, 0.15) is 39.5 Å². The van der Waals surface area contributed by atoms with Gasteiger partial charge in [0.1, 0.15) is 5.75 Å². The van der Waals surface area contributed by atoms with Crippen LogP contribution < -0.4 is 4.74 Å². The van der Waals surface area contributed by atoms with Crippen molar-refractivity contribution in [2.24, 2.45) is 0 Å². The molecule has 0 fully saturated rings. The minimum Gasteiger partial charge on any atom is -0.481 e. The number of ether oxygens (including phenoxy) is 1. The Bertz CT molecular complexity index is 385. The number of carboxylic acid groups (broad SMARTS) is 1. The maximum absolute atomic E-state index is 11.1. The predicted molar refractivity (Wildman–Crippen MR) is 74.5 cm³/mol. The zero-order chi connectivity index (χ0) is 14.7. The van der Waals surface area contributed by atoms with E-state index in [2.05, 4.69) is 13.8 Å². The van der Waals surface area contributed by atoms with Gasteiger partial charge in [0.2, 0.25) is 0 Å². The Hall–Kier alpha value is -1.55. The van der Waals surface area contributed by atoms with Gasteiger partial charge >= 0.3 is 11.9 Å². The smallest absolute Gasteiger partial charge is 0.311 e. The standard InChI is InChI=1S/C10H9ClO4.C4H10/c11-7-1-3-8(4-2-7)15-10(14)6-5-9(12)13;1-3-4-2/h1-4H,5-6H2,(H,12,13);3-4H2,1-2H3. The Morgan fingerprint density at radius 3 is 2.05 bits per heavy atom. The van der Waals surface area contributed by atoms with Crippen LogP contribution in [-0.2, 0) is 9.59 Å². The quantitative estimate of drug-likeness (QED) is 0.658. The molecule has 5 heteroatoms. The highest BCUT2D eigenvalue weighted by atomic mass is 35.5. The van der Waals surface area contributed by atoms with Gasteiger partial charge in [-0.15, -0.1) is 0 Å². The maximum atomic E-state index is 11.1. The summed E-state index contributed by atoms with van der Waals surface area (Å²) in [6.45, 7) is 4.36. The lowest BCUT2D eigenvalue weighted by molar-refractivity contribution is -0.142. The molecule has 0 saturated carbocycles. The molecule has 0 heterocycles. The van der Waals surface area contributed by atoms with Crippen molar-refractivity contribution in [3.05, 3.63) is 29.3 Å². The minimum atomic E-state index is -1.02. The number of benzene rings is 1. The Balaban J connectivity index is 0.000000711. The number of carbonyl (C=O) groups is 2. The molecule has 0 spiro atoms. The van der Waals surface area contributed by atoms with Gasteiger partial charge in [0, 0.05) is 5.02 Å². The van der Waals surface area contributed by atoms with Crippen molar-refractivity contribution in [3.63, 3.8) is 0 Å². The minimum absolute atomic E-state index is 0.141. The van der Waals surface area contributed by atoms with Crippen molar-refractivity contribution in [2.75, 3.05) is 0 Å². The number of carbonyl (C=O) groups excluding carboxylic acids is 1. The van der Waals surface area contributed by atoms with Crippen LogP contribution in [0.3, 0.4) is 0 Å². The molecule has 0 aromatic heterocycles. The molecule has 0 atom stereocenters. The number of rotatable bonds is 5. The number of carboxylic acids is 1. The molecular weight excluding hydrogens is 268 g/mol. The number of unbranched alkanes of at least 4 members (excludes halogenated alkanes) is 1. The molecule has 0 aliphatic rings. The van der Waals surface area contributed by atoms with Gasteiger partial charge in [-0.1, -0.05) is 38.3 Å². The monoisotopic (exact) mass is 286 g/mol. The van der Waals surface area contributed by atoms with Gasteiger partial charge in [0.05, 0.1) is 12.8 Å². The topological polar surface area (TPSA) is 63.6 Å². The van der Waals surface area contributed by atoms with Crippen LogP contribution in [0.15, 0.2) is 24.3 Å². The van der Waals surface area contributed by atoms with E-state index in [1.165, 1.54) is 12.8 Å². The molecule has 0 amide bonds. The lowest BCUT2D eigenvalue weighted by atomic mass is 10.3. The summed E-state index contributed by atoms with van der Waals surface area (Å²) in [5.74, 6) is -1.24. The summed E-state index contributed by atoms with van der Waals surface area (Å²) < 4.78 is 4.86. The first kappa shape index (κ1) is 17.4. The SMILES string of the molecule is CCCC.O=C(O)CCC(=O)Oc1ccc(Cl)cc1. The van der Waals surface area contributed by atoms with E-state index in [-0.39, 0.29) is 12.8 Å². The van der Waals surface area contributed by atoms with Gasteiger partial charge in [0.15, 0.2) is 0 Å². The highest BCUT2D eigenvalue weighted by molar-refractivity contribution is 6.30.